The molecule has 0 atom stereocenters. The van der Waals surface area contributed by atoms with E-state index >= 15 is 0 Å². The van der Waals surface area contributed by atoms with E-state index in [2.05, 4.69) is 0 Å². The fourth-order valence-corrected chi connectivity index (χ4v) is 1.45. The van der Waals surface area contributed by atoms with E-state index in [9.17, 15) is 4.79 Å². The van der Waals surface area contributed by atoms with Gasteiger partial charge in [0.2, 0.25) is 0 Å². The molecular formula is C9H7NO2S. The zero-order valence-corrected chi connectivity index (χ0v) is 7.51. The van der Waals surface area contributed by atoms with E-state index in [0.717, 1.165) is 11.9 Å². The van der Waals surface area contributed by atoms with Crippen LogP contribution in [0.4, 0.5) is 0 Å². The zero-order chi connectivity index (χ0) is 9.26. The lowest BCUT2D eigenvalue weighted by atomic mass is 10.2. The number of hydrogen-bond donors (Lipinski definition) is 1. The summed E-state index contributed by atoms with van der Waals surface area (Å²) in [5, 5.41) is 6.31. The molecule has 2 N–H and O–H groups in total. The molecule has 0 aliphatic carbocycles. The third-order valence-electron chi connectivity index (χ3n) is 1.73. The Labute approximate surface area is 78.7 Å². The van der Waals surface area contributed by atoms with Crippen LogP contribution in [0.2, 0.25) is 0 Å². The number of fused-ring (bicyclic) bond motifs is 1. The lowest BCUT2D eigenvalue weighted by Gasteiger charge is -1.97. The van der Waals surface area contributed by atoms with Crippen LogP contribution >= 0.6 is 11.9 Å². The van der Waals surface area contributed by atoms with Gasteiger partial charge in [0, 0.05) is 6.07 Å². The summed E-state index contributed by atoms with van der Waals surface area (Å²) >= 11 is 0.931. The average molecular weight is 193 g/mol. The molecule has 1 aromatic carbocycles. The summed E-state index contributed by atoms with van der Waals surface area (Å²) in [5.74, 6) is 0. The van der Waals surface area contributed by atoms with Crippen LogP contribution in [0.1, 0.15) is 0 Å². The molecule has 66 valence electrons. The van der Waals surface area contributed by atoms with Gasteiger partial charge in [0.25, 0.3) is 0 Å². The van der Waals surface area contributed by atoms with Crippen molar-refractivity contribution in [3.63, 3.8) is 0 Å². The second-order valence-corrected chi connectivity index (χ2v) is 3.18. The third-order valence-corrected chi connectivity index (χ3v) is 2.16. The van der Waals surface area contributed by atoms with E-state index < -0.39 is 0 Å². The molecule has 4 heteroatoms. The molecule has 3 nitrogen and oxygen atoms in total. The van der Waals surface area contributed by atoms with Gasteiger partial charge >= 0.3 is 0 Å². The largest absolute Gasteiger partial charge is 0.448 e. The first-order chi connectivity index (χ1) is 6.31. The summed E-state index contributed by atoms with van der Waals surface area (Å²) in [5.41, 5.74) is 0.512. The second-order valence-electron chi connectivity index (χ2n) is 2.54. The molecule has 0 amide bonds. The Hall–Kier alpha value is -1.26. The van der Waals surface area contributed by atoms with Gasteiger partial charge in [-0.15, -0.1) is 0 Å². The molecule has 0 saturated carbocycles. The van der Waals surface area contributed by atoms with Crippen LogP contribution in [0.3, 0.4) is 0 Å². The topological polar surface area (TPSA) is 56.2 Å². The van der Waals surface area contributed by atoms with Crippen LogP contribution in [-0.4, -0.2) is 0 Å². The lowest BCUT2D eigenvalue weighted by Crippen LogP contribution is -1.99. The maximum atomic E-state index is 11.4. The van der Waals surface area contributed by atoms with Gasteiger partial charge in [-0.1, -0.05) is 12.1 Å². The Balaban J connectivity index is 2.85. The maximum Gasteiger partial charge on any atom is 0.193 e. The van der Waals surface area contributed by atoms with Crippen LogP contribution in [0, 0.1) is 0 Å². The van der Waals surface area contributed by atoms with Gasteiger partial charge in [-0.25, -0.2) is 0 Å². The highest BCUT2D eigenvalue weighted by Gasteiger charge is 2.02. The highest BCUT2D eigenvalue weighted by molar-refractivity contribution is 7.96. The van der Waals surface area contributed by atoms with Gasteiger partial charge in [0.05, 0.1) is 5.39 Å². The normalized spacial score (nSPS) is 10.5. The molecule has 0 unspecified atom stereocenters. The Morgan fingerprint density at radius 1 is 1.31 bits per heavy atom. The molecule has 0 bridgehead atoms. The van der Waals surface area contributed by atoms with E-state index in [1.807, 2.05) is 6.07 Å². The SMILES string of the molecule is NSc1cc(=O)c2ccccc2o1. The highest BCUT2D eigenvalue weighted by Crippen LogP contribution is 2.16. The standard InChI is InChI=1S/C9H7NO2S/c10-13-9-5-7(11)6-3-1-2-4-8(6)12-9/h1-5H,10H2. The van der Waals surface area contributed by atoms with E-state index in [-0.39, 0.29) is 5.43 Å². The minimum Gasteiger partial charge on any atom is -0.448 e. The molecule has 0 radical (unpaired) electrons. The summed E-state index contributed by atoms with van der Waals surface area (Å²) in [4.78, 5) is 11.4. The third kappa shape index (κ3) is 1.46. The van der Waals surface area contributed by atoms with Crippen LogP contribution in [0.25, 0.3) is 11.0 Å². The minimum absolute atomic E-state index is 0.0604. The summed E-state index contributed by atoms with van der Waals surface area (Å²) < 4.78 is 5.33. The first kappa shape index (κ1) is 8.34. The lowest BCUT2D eigenvalue weighted by molar-refractivity contribution is 0.500. The van der Waals surface area contributed by atoms with Crippen LogP contribution in [-0.2, 0) is 0 Å². The van der Waals surface area contributed by atoms with Crippen molar-refractivity contribution in [2.45, 2.75) is 5.09 Å². The van der Waals surface area contributed by atoms with Gasteiger partial charge in [0.15, 0.2) is 10.5 Å². The van der Waals surface area contributed by atoms with Crippen molar-refractivity contribution in [3.8, 4) is 0 Å². The van der Waals surface area contributed by atoms with E-state index in [1.54, 1.807) is 18.2 Å². The molecule has 0 aliphatic rings. The number of rotatable bonds is 1. The molecule has 1 heterocycles. The fourth-order valence-electron chi connectivity index (χ4n) is 1.14. The van der Waals surface area contributed by atoms with Gasteiger partial charge < -0.3 is 4.42 Å². The summed E-state index contributed by atoms with van der Waals surface area (Å²) in [6.07, 6.45) is 0. The van der Waals surface area contributed by atoms with Gasteiger partial charge in [-0.05, 0) is 24.1 Å². The van der Waals surface area contributed by atoms with Crippen molar-refractivity contribution >= 4 is 22.9 Å². The van der Waals surface area contributed by atoms with Crippen molar-refractivity contribution in [1.29, 1.82) is 0 Å². The number of benzene rings is 1. The van der Waals surface area contributed by atoms with Crippen molar-refractivity contribution in [2.75, 3.05) is 0 Å². The molecule has 0 fully saturated rings. The van der Waals surface area contributed by atoms with Gasteiger partial charge in [-0.3, -0.25) is 9.93 Å². The number of hydrogen-bond acceptors (Lipinski definition) is 4. The molecule has 1 aromatic heterocycles. The van der Waals surface area contributed by atoms with Crippen LogP contribution in [0.15, 0.2) is 44.6 Å². The predicted octanol–water partition coefficient (Wildman–Crippen LogP) is 1.76. The molecule has 2 aromatic rings. The maximum absolute atomic E-state index is 11.4. The molecular weight excluding hydrogens is 186 g/mol. The summed E-state index contributed by atoms with van der Waals surface area (Å²) in [6, 6.07) is 8.49. The van der Waals surface area contributed by atoms with E-state index in [4.69, 9.17) is 9.56 Å². The van der Waals surface area contributed by atoms with Gasteiger partial charge in [-0.2, -0.15) is 0 Å². The fraction of sp³-hybridized carbons (Fsp3) is 0. The second kappa shape index (κ2) is 3.24. The Bertz CT molecular complexity index is 492. The molecule has 0 saturated heterocycles. The summed E-state index contributed by atoms with van der Waals surface area (Å²) in [6.45, 7) is 0. The monoisotopic (exact) mass is 193 g/mol. The van der Waals surface area contributed by atoms with Crippen LogP contribution < -0.4 is 10.6 Å². The molecule has 0 aliphatic heterocycles. The number of para-hydroxylation sites is 1. The Kier molecular flexibility index (Phi) is 2.08. The van der Waals surface area contributed by atoms with Crippen LogP contribution in [0.5, 0.6) is 0 Å². The first-order valence-electron chi connectivity index (χ1n) is 3.71. The molecule has 13 heavy (non-hydrogen) atoms. The predicted molar refractivity (Wildman–Crippen MR) is 52.5 cm³/mol. The molecule has 2 rings (SSSR count). The summed E-state index contributed by atoms with van der Waals surface area (Å²) in [7, 11) is 0. The quantitative estimate of drug-likeness (QED) is 0.701. The minimum atomic E-state index is -0.0604. The van der Waals surface area contributed by atoms with Gasteiger partial charge in [0.1, 0.15) is 5.58 Å². The molecule has 0 spiro atoms. The van der Waals surface area contributed by atoms with Crippen molar-refractivity contribution in [3.05, 3.63) is 40.6 Å². The van der Waals surface area contributed by atoms with Crippen molar-refractivity contribution in [2.24, 2.45) is 5.14 Å². The first-order valence-corrected chi connectivity index (χ1v) is 4.59. The van der Waals surface area contributed by atoms with E-state index in [1.165, 1.54) is 6.07 Å². The highest BCUT2D eigenvalue weighted by atomic mass is 32.2. The Morgan fingerprint density at radius 2 is 2.08 bits per heavy atom. The smallest absolute Gasteiger partial charge is 0.193 e. The zero-order valence-electron chi connectivity index (χ0n) is 6.69. The average Bonchev–Trinajstić information content (AvgIpc) is 2.18. The van der Waals surface area contributed by atoms with Crippen molar-refractivity contribution < 1.29 is 4.42 Å². The van der Waals surface area contributed by atoms with E-state index in [0.29, 0.717) is 16.1 Å². The van der Waals surface area contributed by atoms with Crippen molar-refractivity contribution in [1.82, 2.24) is 0 Å². The number of nitrogens with two attached hydrogens (primary N) is 1. The Morgan fingerprint density at radius 3 is 2.85 bits per heavy atom.